The van der Waals surface area contributed by atoms with Crippen molar-refractivity contribution in [3.63, 3.8) is 0 Å². The number of carbonyl (C=O) groups is 2. The van der Waals surface area contributed by atoms with Crippen molar-refractivity contribution in [2.45, 2.75) is 495 Å². The zero-order valence-electron chi connectivity index (χ0n) is 59.8. The summed E-state index contributed by atoms with van der Waals surface area (Å²) in [4.78, 5) is 24.6. The minimum atomic E-state index is -0.659. The molecule has 0 spiro atoms. The molecule has 1 amide bonds. The van der Waals surface area contributed by atoms with Crippen LogP contribution in [0.4, 0.5) is 0 Å². The van der Waals surface area contributed by atoms with Gasteiger partial charge in [0.2, 0.25) is 5.91 Å². The SMILES string of the molecule is CCCCCCCCCCCCCCCCCCCC(O)C(CO)NC(=O)CCCCCCCCCCCCCCCCCCCCCCCCCCCCCCCCCCCCCCCCCOC(=O)CCCCCCCCCCCCCCCC. The Morgan fingerprint density at radius 2 is 0.471 bits per heavy atom. The molecule has 2 atom stereocenters. The minimum absolute atomic E-state index is 0.0237. The molecular formula is C81H161NO5. The van der Waals surface area contributed by atoms with Crippen LogP contribution >= 0.6 is 0 Å². The normalized spacial score (nSPS) is 12.4. The molecule has 0 aliphatic carbocycles. The first-order valence-electron chi connectivity index (χ1n) is 40.8. The quantitative estimate of drug-likeness (QED) is 0.0417. The van der Waals surface area contributed by atoms with Crippen molar-refractivity contribution in [3.05, 3.63) is 0 Å². The summed E-state index contributed by atoms with van der Waals surface area (Å²) in [7, 11) is 0. The molecule has 0 radical (unpaired) electrons. The lowest BCUT2D eigenvalue weighted by atomic mass is 10.0. The number of carbonyl (C=O) groups excluding carboxylic acids is 2. The van der Waals surface area contributed by atoms with Crippen molar-refractivity contribution in [1.29, 1.82) is 0 Å². The van der Waals surface area contributed by atoms with Crippen LogP contribution in [-0.2, 0) is 14.3 Å². The molecule has 0 saturated carbocycles. The van der Waals surface area contributed by atoms with E-state index < -0.39 is 12.1 Å². The number of hydrogen-bond donors (Lipinski definition) is 3. The average molecular weight is 1230 g/mol. The van der Waals surface area contributed by atoms with Crippen LogP contribution in [0.15, 0.2) is 0 Å². The maximum Gasteiger partial charge on any atom is 0.305 e. The molecular weight excluding hydrogens is 1070 g/mol. The third-order valence-corrected chi connectivity index (χ3v) is 19.7. The van der Waals surface area contributed by atoms with Gasteiger partial charge in [-0.25, -0.2) is 0 Å². The van der Waals surface area contributed by atoms with Crippen LogP contribution in [0.3, 0.4) is 0 Å². The highest BCUT2D eigenvalue weighted by Gasteiger charge is 2.20. The van der Waals surface area contributed by atoms with Crippen molar-refractivity contribution in [1.82, 2.24) is 5.32 Å². The van der Waals surface area contributed by atoms with Crippen LogP contribution in [-0.4, -0.2) is 47.4 Å². The van der Waals surface area contributed by atoms with Gasteiger partial charge in [0.05, 0.1) is 25.4 Å². The Labute approximate surface area is 547 Å². The summed E-state index contributed by atoms with van der Waals surface area (Å²) in [6, 6.07) is -0.536. The lowest BCUT2D eigenvalue weighted by Crippen LogP contribution is -2.45. The number of nitrogens with one attached hydrogen (secondary N) is 1. The van der Waals surface area contributed by atoms with E-state index in [1.807, 2.05) is 0 Å². The molecule has 0 aromatic rings. The van der Waals surface area contributed by atoms with E-state index in [2.05, 4.69) is 19.2 Å². The fourth-order valence-electron chi connectivity index (χ4n) is 13.5. The van der Waals surface area contributed by atoms with Crippen LogP contribution in [0.1, 0.15) is 483 Å². The van der Waals surface area contributed by atoms with E-state index in [1.165, 1.54) is 411 Å². The Bertz CT molecular complexity index is 1280. The summed E-state index contributed by atoms with van der Waals surface area (Å²) in [6.07, 6.45) is 96.5. The molecule has 0 aliphatic heterocycles. The Balaban J connectivity index is 3.28. The third-order valence-electron chi connectivity index (χ3n) is 19.7. The minimum Gasteiger partial charge on any atom is -0.466 e. The largest absolute Gasteiger partial charge is 0.466 e. The second kappa shape index (κ2) is 77.3. The topological polar surface area (TPSA) is 95.9 Å². The number of aliphatic hydroxyl groups excluding tert-OH is 2. The van der Waals surface area contributed by atoms with Gasteiger partial charge in [-0.1, -0.05) is 444 Å². The number of esters is 1. The number of hydrogen-bond acceptors (Lipinski definition) is 5. The van der Waals surface area contributed by atoms with Gasteiger partial charge in [-0.3, -0.25) is 9.59 Å². The fraction of sp³-hybridized carbons (Fsp3) is 0.975. The monoisotopic (exact) mass is 1230 g/mol. The van der Waals surface area contributed by atoms with Gasteiger partial charge in [-0.2, -0.15) is 0 Å². The smallest absolute Gasteiger partial charge is 0.305 e. The zero-order valence-corrected chi connectivity index (χ0v) is 59.8. The van der Waals surface area contributed by atoms with Crippen molar-refractivity contribution in [3.8, 4) is 0 Å². The van der Waals surface area contributed by atoms with Crippen molar-refractivity contribution in [2.24, 2.45) is 0 Å². The second-order valence-electron chi connectivity index (χ2n) is 28.5. The predicted molar refractivity (Wildman–Crippen MR) is 384 cm³/mol. The van der Waals surface area contributed by atoms with Gasteiger partial charge in [0.15, 0.2) is 0 Å². The van der Waals surface area contributed by atoms with Crippen molar-refractivity contribution >= 4 is 11.9 Å². The van der Waals surface area contributed by atoms with E-state index in [9.17, 15) is 19.8 Å². The lowest BCUT2D eigenvalue weighted by Gasteiger charge is -2.22. The molecule has 0 aliphatic rings. The molecule has 3 N–H and O–H groups in total. The molecule has 2 unspecified atom stereocenters. The molecule has 0 bridgehead atoms. The second-order valence-corrected chi connectivity index (χ2v) is 28.5. The molecule has 0 rings (SSSR count). The Morgan fingerprint density at radius 1 is 0.276 bits per heavy atom. The molecule has 0 heterocycles. The first kappa shape index (κ1) is 85.9. The summed E-state index contributed by atoms with van der Waals surface area (Å²) < 4.78 is 5.51. The Hall–Kier alpha value is -1.14. The van der Waals surface area contributed by atoms with Gasteiger partial charge in [0.1, 0.15) is 0 Å². The number of unbranched alkanes of at least 4 members (excludes halogenated alkanes) is 67. The van der Waals surface area contributed by atoms with Gasteiger partial charge in [-0.05, 0) is 25.7 Å². The van der Waals surface area contributed by atoms with Crippen LogP contribution in [0, 0.1) is 0 Å². The molecule has 87 heavy (non-hydrogen) atoms. The maximum absolute atomic E-state index is 12.5. The van der Waals surface area contributed by atoms with Crippen LogP contribution < -0.4 is 5.32 Å². The van der Waals surface area contributed by atoms with Gasteiger partial charge in [0.25, 0.3) is 0 Å². The number of aliphatic hydroxyl groups is 2. The fourth-order valence-corrected chi connectivity index (χ4v) is 13.5. The van der Waals surface area contributed by atoms with Gasteiger partial charge in [-0.15, -0.1) is 0 Å². The Kier molecular flexibility index (Phi) is 76.3. The highest BCUT2D eigenvalue weighted by molar-refractivity contribution is 5.76. The number of amides is 1. The van der Waals surface area contributed by atoms with E-state index in [0.717, 1.165) is 38.5 Å². The Morgan fingerprint density at radius 3 is 0.701 bits per heavy atom. The highest BCUT2D eigenvalue weighted by atomic mass is 16.5. The predicted octanol–water partition coefficient (Wildman–Crippen LogP) is 26.9. The van der Waals surface area contributed by atoms with E-state index in [1.54, 1.807) is 0 Å². The average Bonchev–Trinajstić information content (AvgIpc) is 3.53. The van der Waals surface area contributed by atoms with E-state index in [0.29, 0.717) is 25.9 Å². The zero-order chi connectivity index (χ0) is 62.8. The van der Waals surface area contributed by atoms with Gasteiger partial charge < -0.3 is 20.3 Å². The summed E-state index contributed by atoms with van der Waals surface area (Å²) >= 11 is 0. The van der Waals surface area contributed by atoms with Gasteiger partial charge >= 0.3 is 5.97 Å². The molecule has 0 fully saturated rings. The molecule has 6 heteroatoms. The summed E-state index contributed by atoms with van der Waals surface area (Å²) in [5, 5.41) is 23.4. The van der Waals surface area contributed by atoms with Crippen LogP contribution in [0.2, 0.25) is 0 Å². The van der Waals surface area contributed by atoms with Crippen LogP contribution in [0.5, 0.6) is 0 Å². The lowest BCUT2D eigenvalue weighted by molar-refractivity contribution is -0.143. The summed E-state index contributed by atoms with van der Waals surface area (Å²) in [5.41, 5.74) is 0. The standard InChI is InChI=1S/C81H161NO5/c1-3-5-7-9-11-13-15-17-19-43-46-49-53-57-61-65-69-73-79(84)78(77-83)82-80(85)74-70-66-62-58-54-50-47-44-41-39-37-35-33-31-29-27-25-23-21-20-22-24-26-28-30-32-34-36-38-40-42-45-48-52-56-60-64-68-72-76-87-81(86)75-71-67-63-59-55-51-18-16-14-12-10-8-6-4-2/h78-79,83-84H,3-77H2,1-2H3,(H,82,85). The third kappa shape index (κ3) is 73.8. The molecule has 0 aromatic heterocycles. The molecule has 520 valence electrons. The van der Waals surface area contributed by atoms with Crippen LogP contribution in [0.25, 0.3) is 0 Å². The van der Waals surface area contributed by atoms with Crippen molar-refractivity contribution in [2.75, 3.05) is 13.2 Å². The summed E-state index contributed by atoms with van der Waals surface area (Å²) in [5.74, 6) is 0.00396. The molecule has 0 aromatic carbocycles. The molecule has 6 nitrogen and oxygen atoms in total. The van der Waals surface area contributed by atoms with Crippen molar-refractivity contribution < 1.29 is 24.5 Å². The van der Waals surface area contributed by atoms with E-state index >= 15 is 0 Å². The number of rotatable bonds is 78. The maximum atomic E-state index is 12.5. The molecule has 0 saturated heterocycles. The van der Waals surface area contributed by atoms with E-state index in [-0.39, 0.29) is 18.5 Å². The first-order chi connectivity index (χ1) is 43.0. The first-order valence-corrected chi connectivity index (χ1v) is 40.8. The van der Waals surface area contributed by atoms with Gasteiger partial charge in [0, 0.05) is 12.8 Å². The number of ether oxygens (including phenoxy) is 1. The summed E-state index contributed by atoms with van der Waals surface area (Å²) in [6.45, 7) is 5.02. The van der Waals surface area contributed by atoms with E-state index in [4.69, 9.17) is 4.74 Å². The highest BCUT2D eigenvalue weighted by Crippen LogP contribution is 2.21.